The highest BCUT2D eigenvalue weighted by Crippen LogP contribution is 2.24. The van der Waals surface area contributed by atoms with Crippen molar-refractivity contribution in [3.05, 3.63) is 59.8 Å². The molecule has 2 unspecified atom stereocenters. The van der Waals surface area contributed by atoms with E-state index in [0.29, 0.717) is 6.61 Å². The number of rotatable bonds is 6. The smallest absolute Gasteiger partial charge is 0.129 e. The van der Waals surface area contributed by atoms with E-state index in [1.165, 1.54) is 12.1 Å². The largest absolute Gasteiger partial charge is 0.467 e. The maximum absolute atomic E-state index is 13.0. The molecule has 0 saturated carbocycles. The molecule has 1 heterocycles. The van der Waals surface area contributed by atoms with E-state index < -0.39 is 0 Å². The average molecular weight is 263 g/mol. The van der Waals surface area contributed by atoms with Crippen LogP contribution >= 0.6 is 0 Å². The summed E-state index contributed by atoms with van der Waals surface area (Å²) in [6.45, 7) is 2.35. The van der Waals surface area contributed by atoms with E-state index in [-0.39, 0.29) is 18.0 Å². The molecular weight excluding hydrogens is 245 g/mol. The molecule has 0 aliphatic rings. The topological polar surface area (TPSA) is 48.4 Å². The fourth-order valence-electron chi connectivity index (χ4n) is 1.90. The molecule has 1 aromatic heterocycles. The zero-order valence-corrected chi connectivity index (χ0v) is 10.9. The van der Waals surface area contributed by atoms with Crippen LogP contribution in [-0.2, 0) is 11.3 Å². The highest BCUT2D eigenvalue weighted by molar-refractivity contribution is 5.20. The predicted octanol–water partition coefficient (Wildman–Crippen LogP) is 3.41. The zero-order valence-electron chi connectivity index (χ0n) is 10.9. The van der Waals surface area contributed by atoms with E-state index >= 15 is 0 Å². The molecule has 0 bridgehead atoms. The number of hydrogen-bond acceptors (Lipinski definition) is 3. The number of hydrogen-bond donors (Lipinski definition) is 1. The Labute approximate surface area is 112 Å². The van der Waals surface area contributed by atoms with Crippen molar-refractivity contribution in [1.29, 1.82) is 0 Å². The van der Waals surface area contributed by atoms with E-state index in [0.717, 1.165) is 17.7 Å². The summed E-state index contributed by atoms with van der Waals surface area (Å²) in [6.07, 6.45) is 2.11. The highest BCUT2D eigenvalue weighted by atomic mass is 19.1. The predicted molar refractivity (Wildman–Crippen MR) is 70.9 cm³/mol. The minimum atomic E-state index is -0.268. The third-order valence-corrected chi connectivity index (χ3v) is 3.04. The van der Waals surface area contributed by atoms with Crippen LogP contribution in [0.5, 0.6) is 0 Å². The molecule has 0 fully saturated rings. The van der Waals surface area contributed by atoms with Gasteiger partial charge in [0.05, 0.1) is 12.4 Å². The van der Waals surface area contributed by atoms with Gasteiger partial charge in [-0.25, -0.2) is 4.39 Å². The van der Waals surface area contributed by atoms with Crippen molar-refractivity contribution in [2.75, 3.05) is 0 Å². The quantitative estimate of drug-likeness (QED) is 0.868. The van der Waals surface area contributed by atoms with Crippen molar-refractivity contribution in [3.8, 4) is 0 Å². The third kappa shape index (κ3) is 3.66. The molecule has 19 heavy (non-hydrogen) atoms. The lowest BCUT2D eigenvalue weighted by Crippen LogP contribution is -2.29. The van der Waals surface area contributed by atoms with Gasteiger partial charge in [0.2, 0.25) is 0 Å². The Hall–Kier alpha value is -1.65. The van der Waals surface area contributed by atoms with E-state index in [2.05, 4.69) is 0 Å². The minimum absolute atomic E-state index is 0.138. The molecule has 4 heteroatoms. The minimum Gasteiger partial charge on any atom is -0.467 e. The van der Waals surface area contributed by atoms with Gasteiger partial charge < -0.3 is 14.9 Å². The first-order valence-electron chi connectivity index (χ1n) is 6.35. The Morgan fingerprint density at radius 2 is 2.00 bits per heavy atom. The van der Waals surface area contributed by atoms with Gasteiger partial charge in [-0.3, -0.25) is 0 Å². The summed E-state index contributed by atoms with van der Waals surface area (Å²) in [5.74, 6) is 0.481. The third-order valence-electron chi connectivity index (χ3n) is 3.04. The van der Waals surface area contributed by atoms with Crippen LogP contribution in [0.3, 0.4) is 0 Å². The number of furan rings is 1. The van der Waals surface area contributed by atoms with Gasteiger partial charge in [-0.05, 0) is 36.2 Å². The van der Waals surface area contributed by atoms with Crippen molar-refractivity contribution in [2.45, 2.75) is 32.1 Å². The molecule has 2 rings (SSSR count). The summed E-state index contributed by atoms with van der Waals surface area (Å²) >= 11 is 0. The molecule has 0 amide bonds. The van der Waals surface area contributed by atoms with E-state index in [9.17, 15) is 4.39 Å². The summed E-state index contributed by atoms with van der Waals surface area (Å²) in [5, 5.41) is 0. The van der Waals surface area contributed by atoms with Crippen LogP contribution in [0.15, 0.2) is 47.1 Å². The lowest BCUT2D eigenvalue weighted by molar-refractivity contribution is 0.0126. The van der Waals surface area contributed by atoms with E-state index in [1.54, 1.807) is 18.4 Å². The summed E-state index contributed by atoms with van der Waals surface area (Å²) in [7, 11) is 0. The number of benzene rings is 1. The van der Waals surface area contributed by atoms with Crippen LogP contribution in [-0.4, -0.2) is 6.04 Å². The monoisotopic (exact) mass is 263 g/mol. The van der Waals surface area contributed by atoms with Crippen molar-refractivity contribution >= 4 is 0 Å². The Kier molecular flexibility index (Phi) is 4.71. The van der Waals surface area contributed by atoms with Crippen molar-refractivity contribution in [1.82, 2.24) is 0 Å². The standard InChI is InChI=1S/C15H18FNO2/c1-2-14(17)15(11-5-7-12(16)8-6-11)19-10-13-4-3-9-18-13/h3-9,14-15H,2,10,17H2,1H3. The molecule has 2 aromatic rings. The maximum Gasteiger partial charge on any atom is 0.129 e. The van der Waals surface area contributed by atoms with Gasteiger partial charge in [0.1, 0.15) is 18.2 Å². The molecule has 0 saturated heterocycles. The fourth-order valence-corrected chi connectivity index (χ4v) is 1.90. The molecule has 0 aliphatic heterocycles. The van der Waals surface area contributed by atoms with Crippen LogP contribution in [0, 0.1) is 5.82 Å². The van der Waals surface area contributed by atoms with Crippen molar-refractivity contribution in [3.63, 3.8) is 0 Å². The van der Waals surface area contributed by atoms with E-state index in [1.807, 2.05) is 19.1 Å². The molecule has 0 radical (unpaired) electrons. The second-order valence-corrected chi connectivity index (χ2v) is 4.43. The molecule has 3 nitrogen and oxygen atoms in total. The first-order valence-corrected chi connectivity index (χ1v) is 6.35. The molecule has 0 spiro atoms. The first-order chi connectivity index (χ1) is 9.20. The Balaban J connectivity index is 2.09. The van der Waals surface area contributed by atoms with Crippen LogP contribution in [0.25, 0.3) is 0 Å². The number of halogens is 1. The SMILES string of the molecule is CCC(N)C(OCc1ccco1)c1ccc(F)cc1. The molecule has 1 aromatic carbocycles. The molecular formula is C15H18FNO2. The normalized spacial score (nSPS) is 14.3. The van der Waals surface area contributed by atoms with Gasteiger partial charge in [-0.2, -0.15) is 0 Å². The summed E-state index contributed by atoms with van der Waals surface area (Å²) in [5.41, 5.74) is 6.95. The fraction of sp³-hybridized carbons (Fsp3) is 0.333. The molecule has 102 valence electrons. The van der Waals surface area contributed by atoms with Gasteiger partial charge in [-0.15, -0.1) is 0 Å². The van der Waals surface area contributed by atoms with Crippen LogP contribution in [0.4, 0.5) is 4.39 Å². The lowest BCUT2D eigenvalue weighted by atomic mass is 10.0. The van der Waals surface area contributed by atoms with Crippen molar-refractivity contribution < 1.29 is 13.5 Å². The first kappa shape index (κ1) is 13.8. The maximum atomic E-state index is 13.0. The zero-order chi connectivity index (χ0) is 13.7. The summed E-state index contributed by atoms with van der Waals surface area (Å²) < 4.78 is 24.0. The summed E-state index contributed by atoms with van der Waals surface area (Å²) in [4.78, 5) is 0. The molecule has 2 atom stereocenters. The highest BCUT2D eigenvalue weighted by Gasteiger charge is 2.19. The van der Waals surface area contributed by atoms with Gasteiger partial charge in [0.15, 0.2) is 0 Å². The van der Waals surface area contributed by atoms with Gasteiger partial charge in [0, 0.05) is 6.04 Å². The van der Waals surface area contributed by atoms with Crippen LogP contribution in [0.2, 0.25) is 0 Å². The number of nitrogens with two attached hydrogens (primary N) is 1. The van der Waals surface area contributed by atoms with Gasteiger partial charge >= 0.3 is 0 Å². The Bertz CT molecular complexity index is 481. The second kappa shape index (κ2) is 6.50. The molecule has 0 aliphatic carbocycles. The van der Waals surface area contributed by atoms with Gasteiger partial charge in [-0.1, -0.05) is 19.1 Å². The molecule has 2 N–H and O–H groups in total. The van der Waals surface area contributed by atoms with Crippen LogP contribution in [0.1, 0.15) is 30.8 Å². The lowest BCUT2D eigenvalue weighted by Gasteiger charge is -2.23. The van der Waals surface area contributed by atoms with E-state index in [4.69, 9.17) is 14.9 Å². The summed E-state index contributed by atoms with van der Waals surface area (Å²) in [6, 6.07) is 9.77. The van der Waals surface area contributed by atoms with Crippen LogP contribution < -0.4 is 5.73 Å². The Morgan fingerprint density at radius 1 is 1.26 bits per heavy atom. The Morgan fingerprint density at radius 3 is 2.58 bits per heavy atom. The average Bonchev–Trinajstić information content (AvgIpc) is 2.93. The number of ether oxygens (including phenoxy) is 1. The van der Waals surface area contributed by atoms with Gasteiger partial charge in [0.25, 0.3) is 0 Å². The second-order valence-electron chi connectivity index (χ2n) is 4.43. The van der Waals surface area contributed by atoms with Crippen molar-refractivity contribution in [2.24, 2.45) is 5.73 Å².